The van der Waals surface area contributed by atoms with E-state index in [0.717, 1.165) is 9.13 Å². The van der Waals surface area contributed by atoms with Crippen molar-refractivity contribution in [2.45, 2.75) is 19.4 Å². The topological polar surface area (TPSA) is 20.2 Å². The van der Waals surface area contributed by atoms with Gasteiger partial charge >= 0.3 is 0 Å². The maximum absolute atomic E-state index is 9.01. The lowest BCUT2D eigenvalue weighted by Crippen LogP contribution is -1.93. The molecule has 0 aliphatic heterocycles. The third kappa shape index (κ3) is 2.81. The summed E-state index contributed by atoms with van der Waals surface area (Å²) in [6.45, 7) is 5.96. The monoisotopic (exact) mass is 288 g/mol. The van der Waals surface area contributed by atoms with Gasteiger partial charge < -0.3 is 5.11 Å². The fourth-order valence-corrected chi connectivity index (χ4v) is 1.93. The van der Waals surface area contributed by atoms with Crippen molar-refractivity contribution in [3.8, 4) is 0 Å². The molecule has 0 fully saturated rings. The SMILES string of the molecule is C=CC(C)c1cc(I)cc(CO)c1. The van der Waals surface area contributed by atoms with E-state index >= 15 is 0 Å². The quantitative estimate of drug-likeness (QED) is 0.669. The van der Waals surface area contributed by atoms with Crippen LogP contribution in [0.3, 0.4) is 0 Å². The number of hydrogen-bond donors (Lipinski definition) is 1. The summed E-state index contributed by atoms with van der Waals surface area (Å²) in [7, 11) is 0. The van der Waals surface area contributed by atoms with Crippen LogP contribution in [0.15, 0.2) is 30.9 Å². The van der Waals surface area contributed by atoms with Gasteiger partial charge in [-0.2, -0.15) is 0 Å². The van der Waals surface area contributed by atoms with Crippen molar-refractivity contribution in [1.29, 1.82) is 0 Å². The van der Waals surface area contributed by atoms with Gasteiger partial charge in [0, 0.05) is 3.57 Å². The first-order chi connectivity index (χ1) is 6.17. The van der Waals surface area contributed by atoms with Crippen LogP contribution < -0.4 is 0 Å². The number of allylic oxidation sites excluding steroid dienone is 1. The summed E-state index contributed by atoms with van der Waals surface area (Å²) in [5, 5.41) is 9.01. The van der Waals surface area contributed by atoms with Crippen LogP contribution in [0.5, 0.6) is 0 Å². The second-order valence-electron chi connectivity index (χ2n) is 3.08. The fourth-order valence-electron chi connectivity index (χ4n) is 1.17. The number of benzene rings is 1. The van der Waals surface area contributed by atoms with Crippen LogP contribution in [-0.4, -0.2) is 5.11 Å². The van der Waals surface area contributed by atoms with Gasteiger partial charge in [-0.05, 0) is 51.8 Å². The molecule has 1 unspecified atom stereocenters. The third-order valence-corrected chi connectivity index (χ3v) is 2.66. The van der Waals surface area contributed by atoms with Crippen LogP contribution in [0.4, 0.5) is 0 Å². The van der Waals surface area contributed by atoms with Crippen LogP contribution in [0, 0.1) is 3.57 Å². The maximum atomic E-state index is 9.01. The van der Waals surface area contributed by atoms with E-state index in [0.29, 0.717) is 5.92 Å². The molecule has 1 aromatic rings. The van der Waals surface area contributed by atoms with E-state index in [-0.39, 0.29) is 6.61 Å². The molecule has 1 N–H and O–H groups in total. The van der Waals surface area contributed by atoms with Crippen molar-refractivity contribution in [2.75, 3.05) is 0 Å². The maximum Gasteiger partial charge on any atom is 0.0682 e. The Bertz CT molecular complexity index is 307. The molecule has 1 atom stereocenters. The molecular weight excluding hydrogens is 275 g/mol. The summed E-state index contributed by atoms with van der Waals surface area (Å²) in [6.07, 6.45) is 1.91. The minimum Gasteiger partial charge on any atom is -0.392 e. The van der Waals surface area contributed by atoms with Crippen LogP contribution in [0.2, 0.25) is 0 Å². The largest absolute Gasteiger partial charge is 0.392 e. The highest BCUT2D eigenvalue weighted by molar-refractivity contribution is 14.1. The molecule has 70 valence electrons. The number of hydrogen-bond acceptors (Lipinski definition) is 1. The molecule has 0 heterocycles. The Morgan fingerprint density at radius 3 is 2.77 bits per heavy atom. The van der Waals surface area contributed by atoms with Crippen molar-refractivity contribution < 1.29 is 5.11 Å². The summed E-state index contributed by atoms with van der Waals surface area (Å²) in [6, 6.07) is 6.13. The zero-order valence-corrected chi connectivity index (χ0v) is 9.78. The Kier molecular flexibility index (Phi) is 3.93. The molecule has 0 saturated carbocycles. The van der Waals surface area contributed by atoms with Gasteiger partial charge in [-0.3, -0.25) is 0 Å². The summed E-state index contributed by atoms with van der Waals surface area (Å²) in [5.41, 5.74) is 2.18. The molecule has 1 nitrogen and oxygen atoms in total. The molecule has 0 spiro atoms. The highest BCUT2D eigenvalue weighted by Gasteiger charge is 2.03. The first-order valence-corrected chi connectivity index (χ1v) is 5.28. The third-order valence-electron chi connectivity index (χ3n) is 2.04. The fraction of sp³-hybridized carbons (Fsp3) is 0.273. The zero-order valence-electron chi connectivity index (χ0n) is 7.63. The minimum absolute atomic E-state index is 0.105. The Labute approximate surface area is 92.6 Å². The summed E-state index contributed by atoms with van der Waals surface area (Å²) in [5.74, 6) is 0.347. The Balaban J connectivity index is 3.07. The molecule has 0 saturated heterocycles. The number of aliphatic hydroxyl groups excluding tert-OH is 1. The zero-order chi connectivity index (χ0) is 9.84. The summed E-state index contributed by atoms with van der Waals surface area (Å²) < 4.78 is 1.16. The number of aliphatic hydroxyl groups is 1. The van der Waals surface area contributed by atoms with Crippen molar-refractivity contribution >= 4 is 22.6 Å². The summed E-state index contributed by atoms with van der Waals surface area (Å²) >= 11 is 2.26. The van der Waals surface area contributed by atoms with E-state index in [1.165, 1.54) is 5.56 Å². The molecule has 0 radical (unpaired) electrons. The first kappa shape index (κ1) is 10.7. The van der Waals surface area contributed by atoms with Gasteiger partial charge in [0.05, 0.1) is 6.61 Å². The molecule has 0 aliphatic carbocycles. The lowest BCUT2D eigenvalue weighted by molar-refractivity contribution is 0.281. The highest BCUT2D eigenvalue weighted by Crippen LogP contribution is 2.20. The van der Waals surface area contributed by atoms with Gasteiger partial charge in [-0.15, -0.1) is 6.58 Å². The van der Waals surface area contributed by atoms with Crippen LogP contribution in [0.25, 0.3) is 0 Å². The predicted octanol–water partition coefficient (Wildman–Crippen LogP) is 3.07. The van der Waals surface area contributed by atoms with E-state index in [1.807, 2.05) is 18.2 Å². The van der Waals surface area contributed by atoms with Gasteiger partial charge in [-0.25, -0.2) is 0 Å². The molecule has 1 rings (SSSR count). The average molecular weight is 288 g/mol. The Hall–Kier alpha value is -0.350. The van der Waals surface area contributed by atoms with E-state index in [1.54, 1.807) is 0 Å². The normalized spacial score (nSPS) is 12.5. The van der Waals surface area contributed by atoms with Gasteiger partial charge in [0.1, 0.15) is 0 Å². The van der Waals surface area contributed by atoms with Gasteiger partial charge in [0.2, 0.25) is 0 Å². The van der Waals surface area contributed by atoms with Crippen molar-refractivity contribution in [2.24, 2.45) is 0 Å². The van der Waals surface area contributed by atoms with E-state index < -0.39 is 0 Å². The molecule has 13 heavy (non-hydrogen) atoms. The molecular formula is C11H13IO. The second-order valence-corrected chi connectivity index (χ2v) is 4.32. The molecule has 2 heteroatoms. The molecule has 0 aromatic heterocycles. The van der Waals surface area contributed by atoms with Crippen LogP contribution >= 0.6 is 22.6 Å². The summed E-state index contributed by atoms with van der Waals surface area (Å²) in [4.78, 5) is 0. The average Bonchev–Trinajstić information content (AvgIpc) is 2.15. The number of rotatable bonds is 3. The lowest BCUT2D eigenvalue weighted by Gasteiger charge is -2.08. The van der Waals surface area contributed by atoms with Crippen molar-refractivity contribution in [1.82, 2.24) is 0 Å². The first-order valence-electron chi connectivity index (χ1n) is 4.20. The Morgan fingerprint density at radius 1 is 1.54 bits per heavy atom. The smallest absolute Gasteiger partial charge is 0.0682 e. The highest BCUT2D eigenvalue weighted by atomic mass is 127. The van der Waals surface area contributed by atoms with E-state index in [4.69, 9.17) is 5.11 Å². The molecule has 0 aliphatic rings. The molecule has 1 aromatic carbocycles. The standard InChI is InChI=1S/C11H13IO/c1-3-8(2)10-4-9(7-13)5-11(12)6-10/h3-6,8,13H,1,7H2,2H3. The minimum atomic E-state index is 0.105. The van der Waals surface area contributed by atoms with Gasteiger partial charge in [-0.1, -0.05) is 19.1 Å². The van der Waals surface area contributed by atoms with E-state index in [9.17, 15) is 0 Å². The van der Waals surface area contributed by atoms with Gasteiger partial charge in [0.15, 0.2) is 0 Å². The van der Waals surface area contributed by atoms with Crippen LogP contribution in [0.1, 0.15) is 24.0 Å². The Morgan fingerprint density at radius 2 is 2.23 bits per heavy atom. The van der Waals surface area contributed by atoms with E-state index in [2.05, 4.69) is 42.2 Å². The van der Waals surface area contributed by atoms with Gasteiger partial charge in [0.25, 0.3) is 0 Å². The second kappa shape index (κ2) is 4.77. The molecule has 0 amide bonds. The van der Waals surface area contributed by atoms with Crippen LogP contribution in [-0.2, 0) is 6.61 Å². The lowest BCUT2D eigenvalue weighted by atomic mass is 9.99. The predicted molar refractivity (Wildman–Crippen MR) is 63.7 cm³/mol. The van der Waals surface area contributed by atoms with Crippen molar-refractivity contribution in [3.05, 3.63) is 45.6 Å². The molecule has 0 bridgehead atoms. The number of halogens is 1. The van der Waals surface area contributed by atoms with Crippen molar-refractivity contribution in [3.63, 3.8) is 0 Å².